The lowest BCUT2D eigenvalue weighted by Crippen LogP contribution is -2.24. The molecular formula is C14H15NO3S. The Balaban J connectivity index is 2.42. The van der Waals surface area contributed by atoms with Crippen LogP contribution in [0.5, 0.6) is 0 Å². The van der Waals surface area contributed by atoms with Crippen LogP contribution in [0.1, 0.15) is 18.9 Å². The van der Waals surface area contributed by atoms with Crippen LogP contribution in [-0.4, -0.2) is 15.6 Å². The van der Waals surface area contributed by atoms with Gasteiger partial charge in [0.15, 0.2) is 0 Å². The Hall–Kier alpha value is -1.88. The van der Waals surface area contributed by atoms with E-state index in [1.165, 1.54) is 0 Å². The third kappa shape index (κ3) is 2.93. The van der Waals surface area contributed by atoms with Crippen LogP contribution in [0, 0.1) is 0 Å². The summed E-state index contributed by atoms with van der Waals surface area (Å²) in [6.45, 7) is 2.49. The second kappa shape index (κ2) is 5.84. The normalized spacial score (nSPS) is 10.6. The van der Waals surface area contributed by atoms with Gasteiger partial charge in [-0.3, -0.25) is 9.59 Å². The van der Waals surface area contributed by atoms with Crippen LogP contribution in [0.4, 0.5) is 0 Å². The minimum Gasteiger partial charge on any atom is -0.481 e. The van der Waals surface area contributed by atoms with Gasteiger partial charge in [-0.2, -0.15) is 0 Å². The number of aliphatic carboxylic acids is 1. The molecule has 0 aliphatic carbocycles. The highest BCUT2D eigenvalue weighted by Crippen LogP contribution is 2.23. The lowest BCUT2D eigenvalue weighted by molar-refractivity contribution is -0.136. The van der Waals surface area contributed by atoms with Gasteiger partial charge in [-0.25, -0.2) is 0 Å². The standard InChI is InChI=1S/C14H15NO3S/c1-2-15-11(12-4-3-9-19-12)7-5-10(14(15)18)6-8-13(16)17/h3-5,7,9H,2,6,8H2,1H3,(H,16,17). The Morgan fingerprint density at radius 2 is 2.16 bits per heavy atom. The fraction of sp³-hybridized carbons (Fsp3) is 0.286. The van der Waals surface area contributed by atoms with Crippen molar-refractivity contribution in [2.45, 2.75) is 26.3 Å². The van der Waals surface area contributed by atoms with Gasteiger partial charge in [-0.15, -0.1) is 11.3 Å². The predicted octanol–water partition coefficient (Wildman–Crippen LogP) is 2.61. The number of hydrogen-bond acceptors (Lipinski definition) is 3. The first-order chi connectivity index (χ1) is 9.13. The number of nitrogens with zero attached hydrogens (tertiary/aromatic N) is 1. The van der Waals surface area contributed by atoms with E-state index in [4.69, 9.17) is 5.11 Å². The molecule has 100 valence electrons. The number of aryl methyl sites for hydroxylation is 1. The zero-order valence-corrected chi connectivity index (χ0v) is 11.4. The van der Waals surface area contributed by atoms with Crippen molar-refractivity contribution in [1.82, 2.24) is 4.57 Å². The van der Waals surface area contributed by atoms with Crippen molar-refractivity contribution in [3.8, 4) is 10.6 Å². The molecule has 4 nitrogen and oxygen atoms in total. The highest BCUT2D eigenvalue weighted by atomic mass is 32.1. The van der Waals surface area contributed by atoms with Gasteiger partial charge in [-0.05, 0) is 30.9 Å². The molecule has 2 rings (SSSR count). The summed E-state index contributed by atoms with van der Waals surface area (Å²) < 4.78 is 1.70. The van der Waals surface area contributed by atoms with Crippen LogP contribution in [0.3, 0.4) is 0 Å². The van der Waals surface area contributed by atoms with Crippen LogP contribution < -0.4 is 5.56 Å². The molecule has 0 bridgehead atoms. The van der Waals surface area contributed by atoms with Crippen LogP contribution in [0.2, 0.25) is 0 Å². The Bertz CT molecular complexity index is 629. The molecule has 0 aliphatic heterocycles. The van der Waals surface area contributed by atoms with Crippen molar-refractivity contribution < 1.29 is 9.90 Å². The van der Waals surface area contributed by atoms with Crippen molar-refractivity contribution in [3.63, 3.8) is 0 Å². The monoisotopic (exact) mass is 277 g/mol. The summed E-state index contributed by atoms with van der Waals surface area (Å²) in [6.07, 6.45) is 0.260. The third-order valence-corrected chi connectivity index (χ3v) is 3.84. The quantitative estimate of drug-likeness (QED) is 0.914. The molecule has 0 radical (unpaired) electrons. The maximum atomic E-state index is 12.3. The van der Waals surface area contributed by atoms with Crippen LogP contribution in [0.15, 0.2) is 34.4 Å². The van der Waals surface area contributed by atoms with Gasteiger partial charge in [0.2, 0.25) is 0 Å². The van der Waals surface area contributed by atoms with Gasteiger partial charge in [0.25, 0.3) is 5.56 Å². The molecule has 0 atom stereocenters. The molecule has 0 saturated carbocycles. The smallest absolute Gasteiger partial charge is 0.303 e. The average Bonchev–Trinajstić information content (AvgIpc) is 2.90. The van der Waals surface area contributed by atoms with E-state index in [0.29, 0.717) is 12.1 Å². The average molecular weight is 277 g/mol. The lowest BCUT2D eigenvalue weighted by atomic mass is 10.1. The zero-order chi connectivity index (χ0) is 13.8. The summed E-state index contributed by atoms with van der Waals surface area (Å²) in [6, 6.07) is 7.56. The first-order valence-electron chi connectivity index (χ1n) is 6.12. The summed E-state index contributed by atoms with van der Waals surface area (Å²) in [4.78, 5) is 23.9. The topological polar surface area (TPSA) is 59.3 Å². The van der Waals surface area contributed by atoms with Crippen molar-refractivity contribution in [3.05, 3.63) is 45.6 Å². The van der Waals surface area contributed by atoms with Gasteiger partial charge >= 0.3 is 5.97 Å². The molecule has 2 aromatic heterocycles. The van der Waals surface area contributed by atoms with E-state index in [2.05, 4.69) is 0 Å². The van der Waals surface area contributed by atoms with Crippen molar-refractivity contribution >= 4 is 17.3 Å². The summed E-state index contributed by atoms with van der Waals surface area (Å²) in [5.41, 5.74) is 1.36. The summed E-state index contributed by atoms with van der Waals surface area (Å²) in [5.74, 6) is -0.884. The van der Waals surface area contributed by atoms with E-state index in [1.54, 1.807) is 22.0 Å². The molecule has 0 aromatic carbocycles. The lowest BCUT2D eigenvalue weighted by Gasteiger charge is -2.11. The van der Waals surface area contributed by atoms with E-state index in [1.807, 2.05) is 30.5 Å². The molecule has 0 fully saturated rings. The van der Waals surface area contributed by atoms with Crippen molar-refractivity contribution in [2.24, 2.45) is 0 Å². The fourth-order valence-electron chi connectivity index (χ4n) is 2.01. The highest BCUT2D eigenvalue weighted by Gasteiger charge is 2.11. The van der Waals surface area contributed by atoms with Crippen molar-refractivity contribution in [1.29, 1.82) is 0 Å². The molecule has 0 unspecified atom stereocenters. The number of hydrogen-bond donors (Lipinski definition) is 1. The molecule has 2 aromatic rings. The van der Waals surface area contributed by atoms with E-state index in [9.17, 15) is 9.59 Å². The maximum absolute atomic E-state index is 12.3. The Kier molecular flexibility index (Phi) is 4.16. The van der Waals surface area contributed by atoms with Gasteiger partial charge in [0.05, 0.1) is 10.6 Å². The molecule has 5 heteroatoms. The Morgan fingerprint density at radius 3 is 2.74 bits per heavy atom. The van der Waals surface area contributed by atoms with Gasteiger partial charge in [0, 0.05) is 18.5 Å². The summed E-state index contributed by atoms with van der Waals surface area (Å²) in [5, 5.41) is 10.7. The Labute approximate surface area is 115 Å². The van der Waals surface area contributed by atoms with Crippen LogP contribution in [0.25, 0.3) is 10.6 Å². The molecular weight excluding hydrogens is 262 g/mol. The van der Waals surface area contributed by atoms with Gasteiger partial charge < -0.3 is 9.67 Å². The minimum atomic E-state index is -0.884. The number of aromatic nitrogens is 1. The highest BCUT2D eigenvalue weighted by molar-refractivity contribution is 7.13. The molecule has 0 spiro atoms. The molecule has 1 N–H and O–H groups in total. The number of thiophene rings is 1. The molecule has 2 heterocycles. The molecule has 0 amide bonds. The van der Waals surface area contributed by atoms with E-state index in [0.717, 1.165) is 10.6 Å². The van der Waals surface area contributed by atoms with E-state index in [-0.39, 0.29) is 18.4 Å². The first kappa shape index (κ1) is 13.5. The van der Waals surface area contributed by atoms with E-state index < -0.39 is 5.97 Å². The maximum Gasteiger partial charge on any atom is 0.303 e. The summed E-state index contributed by atoms with van der Waals surface area (Å²) in [7, 11) is 0. The number of rotatable bonds is 5. The second-order valence-electron chi connectivity index (χ2n) is 4.16. The largest absolute Gasteiger partial charge is 0.481 e. The molecule has 19 heavy (non-hydrogen) atoms. The number of pyridine rings is 1. The number of carboxylic acid groups (broad SMARTS) is 1. The number of carbonyl (C=O) groups is 1. The third-order valence-electron chi connectivity index (χ3n) is 2.95. The van der Waals surface area contributed by atoms with Crippen LogP contribution in [-0.2, 0) is 17.8 Å². The zero-order valence-electron chi connectivity index (χ0n) is 10.6. The van der Waals surface area contributed by atoms with E-state index >= 15 is 0 Å². The summed E-state index contributed by atoms with van der Waals surface area (Å²) >= 11 is 1.58. The van der Waals surface area contributed by atoms with Gasteiger partial charge in [0.1, 0.15) is 0 Å². The fourth-order valence-corrected chi connectivity index (χ4v) is 2.77. The second-order valence-corrected chi connectivity index (χ2v) is 5.11. The first-order valence-corrected chi connectivity index (χ1v) is 7.00. The Morgan fingerprint density at radius 1 is 1.37 bits per heavy atom. The van der Waals surface area contributed by atoms with Crippen molar-refractivity contribution in [2.75, 3.05) is 0 Å². The van der Waals surface area contributed by atoms with Gasteiger partial charge in [-0.1, -0.05) is 12.1 Å². The van der Waals surface area contributed by atoms with Crippen LogP contribution >= 0.6 is 11.3 Å². The predicted molar refractivity (Wildman–Crippen MR) is 75.6 cm³/mol. The SMILES string of the molecule is CCn1c(-c2cccs2)ccc(CCC(=O)O)c1=O. The minimum absolute atomic E-state index is 0.0166. The molecule has 0 saturated heterocycles. The number of carboxylic acids is 1. The molecule has 0 aliphatic rings.